The number of amides is 1. The summed E-state index contributed by atoms with van der Waals surface area (Å²) in [6.07, 6.45) is 2.74. The summed E-state index contributed by atoms with van der Waals surface area (Å²) in [7, 11) is 3.27. The highest BCUT2D eigenvalue weighted by molar-refractivity contribution is 6.31. The zero-order valence-corrected chi connectivity index (χ0v) is 15.8. The van der Waals surface area contributed by atoms with Gasteiger partial charge in [0.05, 0.1) is 7.11 Å². The second kappa shape index (κ2) is 7.50. The fourth-order valence-corrected chi connectivity index (χ4v) is 4.02. The number of hydrogen-bond donors (Lipinski definition) is 0. The van der Waals surface area contributed by atoms with Crippen molar-refractivity contribution in [3.05, 3.63) is 64.7 Å². The predicted octanol–water partition coefficient (Wildman–Crippen LogP) is 4.46. The zero-order chi connectivity index (χ0) is 18.7. The topological polar surface area (TPSA) is 46.6 Å². The Morgan fingerprint density at radius 1 is 1.12 bits per heavy atom. The van der Waals surface area contributed by atoms with Gasteiger partial charge in [0.15, 0.2) is 5.78 Å². The Morgan fingerprint density at radius 3 is 2.42 bits per heavy atom. The number of hydrogen-bond acceptors (Lipinski definition) is 3. The minimum absolute atomic E-state index is 0.0428. The minimum Gasteiger partial charge on any atom is -0.497 e. The van der Waals surface area contributed by atoms with Gasteiger partial charge in [-0.1, -0.05) is 29.8 Å². The van der Waals surface area contributed by atoms with Crippen LogP contribution in [0.4, 0.5) is 0 Å². The van der Waals surface area contributed by atoms with E-state index in [4.69, 9.17) is 16.3 Å². The molecule has 0 aromatic heterocycles. The summed E-state index contributed by atoms with van der Waals surface area (Å²) in [4.78, 5) is 27.8. The fraction of sp³-hybridized carbons (Fsp3) is 0.333. The van der Waals surface area contributed by atoms with Crippen LogP contribution in [0.1, 0.15) is 41.6 Å². The lowest BCUT2D eigenvalue weighted by molar-refractivity contribution is -0.132. The van der Waals surface area contributed by atoms with Crippen molar-refractivity contribution in [2.75, 3.05) is 14.2 Å². The van der Waals surface area contributed by atoms with Gasteiger partial charge in [-0.3, -0.25) is 9.59 Å². The van der Waals surface area contributed by atoms with Gasteiger partial charge in [-0.05, 0) is 49.6 Å². The highest BCUT2D eigenvalue weighted by Crippen LogP contribution is 2.42. The number of carbonyl (C=O) groups excluding carboxylic acids is 2. The van der Waals surface area contributed by atoms with Gasteiger partial charge < -0.3 is 9.64 Å². The average molecular weight is 372 g/mol. The second-order valence-corrected chi connectivity index (χ2v) is 6.97. The summed E-state index contributed by atoms with van der Waals surface area (Å²) < 4.78 is 5.15. The predicted molar refractivity (Wildman–Crippen MR) is 102 cm³/mol. The van der Waals surface area contributed by atoms with E-state index in [2.05, 4.69) is 0 Å². The SMILES string of the molecule is COc1ccc(C(=O)N(C)[C@@]2(c3ccccc3Cl)CCCCC2=O)cc1. The number of ether oxygens (including phenoxy) is 1. The van der Waals surface area contributed by atoms with Crippen LogP contribution in [0.5, 0.6) is 5.75 Å². The molecule has 0 radical (unpaired) electrons. The second-order valence-electron chi connectivity index (χ2n) is 6.56. The molecule has 1 amide bonds. The normalized spacial score (nSPS) is 19.9. The van der Waals surface area contributed by atoms with E-state index in [1.807, 2.05) is 18.2 Å². The van der Waals surface area contributed by atoms with Gasteiger partial charge >= 0.3 is 0 Å². The molecule has 3 rings (SSSR count). The van der Waals surface area contributed by atoms with Gasteiger partial charge in [0, 0.05) is 29.6 Å². The maximum Gasteiger partial charge on any atom is 0.254 e. The molecule has 2 aromatic rings. The van der Waals surface area contributed by atoms with Gasteiger partial charge in [-0.15, -0.1) is 0 Å². The van der Waals surface area contributed by atoms with Gasteiger partial charge in [0.25, 0.3) is 5.91 Å². The molecular weight excluding hydrogens is 350 g/mol. The van der Waals surface area contributed by atoms with E-state index < -0.39 is 5.54 Å². The van der Waals surface area contributed by atoms with Crippen LogP contribution in [0, 0.1) is 0 Å². The number of benzene rings is 2. The van der Waals surface area contributed by atoms with E-state index in [9.17, 15) is 9.59 Å². The summed E-state index contributed by atoms with van der Waals surface area (Å²) in [5, 5.41) is 0.511. The van der Waals surface area contributed by atoms with Crippen molar-refractivity contribution >= 4 is 23.3 Å². The van der Waals surface area contributed by atoms with Crippen LogP contribution in [-0.4, -0.2) is 30.7 Å². The van der Waals surface area contributed by atoms with Crippen LogP contribution in [0.2, 0.25) is 5.02 Å². The number of Topliss-reactive ketones (excluding diaryl/α,β-unsaturated/α-hetero) is 1. The zero-order valence-electron chi connectivity index (χ0n) is 15.0. The molecule has 2 aromatic carbocycles. The number of halogens is 1. The van der Waals surface area contributed by atoms with Crippen LogP contribution in [0.25, 0.3) is 0 Å². The third-order valence-electron chi connectivity index (χ3n) is 5.19. The maximum absolute atomic E-state index is 13.2. The lowest BCUT2D eigenvalue weighted by Gasteiger charge is -2.44. The van der Waals surface area contributed by atoms with E-state index in [1.165, 1.54) is 0 Å². The molecule has 0 saturated heterocycles. The molecule has 0 heterocycles. The lowest BCUT2D eigenvalue weighted by atomic mass is 9.74. The quantitative estimate of drug-likeness (QED) is 0.797. The number of methoxy groups -OCH3 is 1. The van der Waals surface area contributed by atoms with Crippen LogP contribution in [0.3, 0.4) is 0 Å². The maximum atomic E-state index is 13.2. The third kappa shape index (κ3) is 3.10. The van der Waals surface area contributed by atoms with Crippen molar-refractivity contribution in [2.24, 2.45) is 0 Å². The first-order chi connectivity index (χ1) is 12.5. The molecule has 136 valence electrons. The molecule has 0 N–H and O–H groups in total. The molecular formula is C21H22ClNO3. The summed E-state index contributed by atoms with van der Waals surface area (Å²) >= 11 is 6.44. The van der Waals surface area contributed by atoms with E-state index in [1.54, 1.807) is 49.4 Å². The molecule has 1 fully saturated rings. The van der Waals surface area contributed by atoms with Crippen LogP contribution in [0.15, 0.2) is 48.5 Å². The van der Waals surface area contributed by atoms with Crippen molar-refractivity contribution in [1.82, 2.24) is 4.90 Å². The van der Waals surface area contributed by atoms with E-state index in [0.717, 1.165) is 12.8 Å². The van der Waals surface area contributed by atoms with Crippen molar-refractivity contribution in [3.8, 4) is 5.75 Å². The average Bonchev–Trinajstić information content (AvgIpc) is 2.68. The van der Waals surface area contributed by atoms with E-state index in [-0.39, 0.29) is 11.7 Å². The Morgan fingerprint density at radius 2 is 1.81 bits per heavy atom. The van der Waals surface area contributed by atoms with E-state index >= 15 is 0 Å². The number of ketones is 1. The number of rotatable bonds is 4. The first-order valence-corrected chi connectivity index (χ1v) is 9.09. The first kappa shape index (κ1) is 18.5. The molecule has 1 aliphatic carbocycles. The monoisotopic (exact) mass is 371 g/mol. The third-order valence-corrected chi connectivity index (χ3v) is 5.52. The molecule has 1 atom stereocenters. The molecule has 0 spiro atoms. The number of nitrogens with zero attached hydrogens (tertiary/aromatic N) is 1. The van der Waals surface area contributed by atoms with Gasteiger partial charge in [-0.2, -0.15) is 0 Å². The van der Waals surface area contributed by atoms with Crippen LogP contribution < -0.4 is 4.74 Å². The molecule has 0 aliphatic heterocycles. The summed E-state index contributed by atoms with van der Waals surface area (Å²) in [5.74, 6) is 0.516. The van der Waals surface area contributed by atoms with Crippen LogP contribution >= 0.6 is 11.6 Å². The molecule has 0 bridgehead atoms. The highest BCUT2D eigenvalue weighted by Gasteiger charge is 2.48. The summed E-state index contributed by atoms with van der Waals surface area (Å²) in [6, 6.07) is 14.2. The summed E-state index contributed by atoms with van der Waals surface area (Å²) in [6.45, 7) is 0. The molecule has 26 heavy (non-hydrogen) atoms. The largest absolute Gasteiger partial charge is 0.497 e. The molecule has 5 heteroatoms. The van der Waals surface area contributed by atoms with Crippen molar-refractivity contribution < 1.29 is 14.3 Å². The Kier molecular flexibility index (Phi) is 5.33. The molecule has 1 saturated carbocycles. The van der Waals surface area contributed by atoms with E-state index in [0.29, 0.717) is 34.7 Å². The van der Waals surface area contributed by atoms with Gasteiger partial charge in [0.1, 0.15) is 11.3 Å². The Hall–Kier alpha value is -2.33. The van der Waals surface area contributed by atoms with Crippen molar-refractivity contribution in [3.63, 3.8) is 0 Å². The molecule has 4 nitrogen and oxygen atoms in total. The lowest BCUT2D eigenvalue weighted by Crippen LogP contribution is -2.54. The standard InChI is InChI=1S/C21H22ClNO3/c1-23(20(25)15-10-12-16(26-2)13-11-15)21(14-6-5-9-19(21)24)17-7-3-4-8-18(17)22/h3-4,7-8,10-13H,5-6,9,14H2,1-2H3/t21-/m1/s1. The van der Waals surface area contributed by atoms with Gasteiger partial charge in [-0.25, -0.2) is 0 Å². The highest BCUT2D eigenvalue weighted by atomic mass is 35.5. The smallest absolute Gasteiger partial charge is 0.254 e. The van der Waals surface area contributed by atoms with Crippen molar-refractivity contribution in [1.29, 1.82) is 0 Å². The Bertz CT molecular complexity index is 818. The number of likely N-dealkylation sites (N-methyl/N-ethyl adjacent to an activating group) is 1. The fourth-order valence-electron chi connectivity index (χ4n) is 3.73. The number of carbonyl (C=O) groups is 2. The molecule has 0 unspecified atom stereocenters. The Balaban J connectivity index is 2.05. The minimum atomic E-state index is -1.02. The summed E-state index contributed by atoms with van der Waals surface area (Å²) in [5.41, 5.74) is 0.196. The Labute approximate surface area is 158 Å². The first-order valence-electron chi connectivity index (χ1n) is 8.71. The van der Waals surface area contributed by atoms with Gasteiger partial charge in [0.2, 0.25) is 0 Å². The molecule has 1 aliphatic rings. The van der Waals surface area contributed by atoms with Crippen molar-refractivity contribution in [2.45, 2.75) is 31.2 Å². The van der Waals surface area contributed by atoms with Crippen LogP contribution in [-0.2, 0) is 10.3 Å².